The topological polar surface area (TPSA) is 46.5 Å². The third-order valence-corrected chi connectivity index (χ3v) is 4.76. The predicted octanol–water partition coefficient (Wildman–Crippen LogP) is 4.96. The number of carbonyl (C=O) groups is 1. The van der Waals surface area contributed by atoms with Gasteiger partial charge in [0.2, 0.25) is 0 Å². The summed E-state index contributed by atoms with van der Waals surface area (Å²) in [6.07, 6.45) is 2.01. The standard InChI is InChI=1S/C21H17FO3/c22-18-6-3-15-11-19(8-5-14(15)10-18)25-20-7-4-13-1-2-16(21(23)24)9-17(13)12-20/h3-8,10-12,16H,1-2,9H2,(H,23,24). The summed E-state index contributed by atoms with van der Waals surface area (Å²) in [5, 5.41) is 11.0. The maximum Gasteiger partial charge on any atom is 0.306 e. The summed E-state index contributed by atoms with van der Waals surface area (Å²) < 4.78 is 19.2. The van der Waals surface area contributed by atoms with Crippen LogP contribution in [0.5, 0.6) is 11.5 Å². The zero-order valence-corrected chi connectivity index (χ0v) is 13.5. The van der Waals surface area contributed by atoms with Crippen molar-refractivity contribution in [2.45, 2.75) is 19.3 Å². The van der Waals surface area contributed by atoms with E-state index in [4.69, 9.17) is 4.74 Å². The number of carboxylic acids is 1. The Labute approximate surface area is 144 Å². The largest absolute Gasteiger partial charge is 0.481 e. The number of hydrogen-bond acceptors (Lipinski definition) is 2. The van der Waals surface area contributed by atoms with Crippen LogP contribution in [0.15, 0.2) is 54.6 Å². The average molecular weight is 336 g/mol. The Hall–Kier alpha value is -2.88. The van der Waals surface area contributed by atoms with Crippen molar-refractivity contribution in [3.05, 3.63) is 71.5 Å². The van der Waals surface area contributed by atoms with Crippen LogP contribution in [-0.2, 0) is 17.6 Å². The van der Waals surface area contributed by atoms with E-state index >= 15 is 0 Å². The highest BCUT2D eigenvalue weighted by Crippen LogP contribution is 2.32. The van der Waals surface area contributed by atoms with Crippen LogP contribution in [0.25, 0.3) is 10.8 Å². The van der Waals surface area contributed by atoms with Gasteiger partial charge in [-0.1, -0.05) is 18.2 Å². The van der Waals surface area contributed by atoms with Crippen LogP contribution in [0.1, 0.15) is 17.5 Å². The van der Waals surface area contributed by atoms with Crippen LogP contribution < -0.4 is 4.74 Å². The molecule has 0 bridgehead atoms. The lowest BCUT2D eigenvalue weighted by atomic mass is 9.84. The van der Waals surface area contributed by atoms with Crippen molar-refractivity contribution in [3.8, 4) is 11.5 Å². The minimum absolute atomic E-state index is 0.260. The summed E-state index contributed by atoms with van der Waals surface area (Å²) >= 11 is 0. The van der Waals surface area contributed by atoms with E-state index in [2.05, 4.69) is 0 Å². The van der Waals surface area contributed by atoms with Crippen molar-refractivity contribution >= 4 is 16.7 Å². The molecule has 4 rings (SSSR count). The van der Waals surface area contributed by atoms with Gasteiger partial charge in [-0.15, -0.1) is 0 Å². The van der Waals surface area contributed by atoms with Crippen LogP contribution in [0.2, 0.25) is 0 Å². The lowest BCUT2D eigenvalue weighted by molar-refractivity contribution is -0.142. The maximum absolute atomic E-state index is 13.3. The quantitative estimate of drug-likeness (QED) is 0.735. The molecule has 25 heavy (non-hydrogen) atoms. The number of aryl methyl sites for hydroxylation is 1. The van der Waals surface area contributed by atoms with E-state index in [1.165, 1.54) is 17.7 Å². The lowest BCUT2D eigenvalue weighted by Crippen LogP contribution is -2.22. The van der Waals surface area contributed by atoms with Crippen LogP contribution in [-0.4, -0.2) is 11.1 Å². The Balaban J connectivity index is 1.60. The van der Waals surface area contributed by atoms with Crippen LogP contribution in [0.3, 0.4) is 0 Å². The highest BCUT2D eigenvalue weighted by atomic mass is 19.1. The van der Waals surface area contributed by atoms with E-state index < -0.39 is 5.97 Å². The lowest BCUT2D eigenvalue weighted by Gasteiger charge is -2.22. The monoisotopic (exact) mass is 336 g/mol. The highest BCUT2D eigenvalue weighted by molar-refractivity contribution is 5.84. The third kappa shape index (κ3) is 3.20. The number of rotatable bonds is 3. The number of carboxylic acid groups (broad SMARTS) is 1. The maximum atomic E-state index is 13.3. The van der Waals surface area contributed by atoms with Crippen molar-refractivity contribution < 1.29 is 19.0 Å². The van der Waals surface area contributed by atoms with Gasteiger partial charge < -0.3 is 9.84 Å². The van der Waals surface area contributed by atoms with Gasteiger partial charge in [-0.05, 0) is 77.6 Å². The fourth-order valence-corrected chi connectivity index (χ4v) is 3.40. The average Bonchev–Trinajstić information content (AvgIpc) is 2.61. The van der Waals surface area contributed by atoms with E-state index in [1.807, 2.05) is 30.3 Å². The molecule has 0 heterocycles. The molecule has 0 saturated heterocycles. The van der Waals surface area contributed by atoms with Gasteiger partial charge >= 0.3 is 5.97 Å². The number of aliphatic carboxylic acids is 1. The molecule has 126 valence electrons. The van der Waals surface area contributed by atoms with Crippen molar-refractivity contribution in [1.29, 1.82) is 0 Å². The molecular formula is C21H17FO3. The summed E-state index contributed by atoms with van der Waals surface area (Å²) in [5.74, 6) is 0.0387. The molecule has 0 fully saturated rings. The Bertz CT molecular complexity index is 965. The zero-order chi connectivity index (χ0) is 17.4. The van der Waals surface area contributed by atoms with Gasteiger partial charge in [0.1, 0.15) is 17.3 Å². The van der Waals surface area contributed by atoms with E-state index in [9.17, 15) is 14.3 Å². The highest BCUT2D eigenvalue weighted by Gasteiger charge is 2.24. The summed E-state index contributed by atoms with van der Waals surface area (Å²) in [5.41, 5.74) is 2.23. The fraction of sp³-hybridized carbons (Fsp3) is 0.190. The first-order chi connectivity index (χ1) is 12.1. The second-order valence-electron chi connectivity index (χ2n) is 6.46. The molecule has 4 heteroatoms. The van der Waals surface area contributed by atoms with E-state index in [0.29, 0.717) is 24.3 Å². The molecule has 3 nitrogen and oxygen atoms in total. The molecular weight excluding hydrogens is 319 g/mol. The van der Waals surface area contributed by atoms with Crippen LogP contribution in [0.4, 0.5) is 4.39 Å². The summed E-state index contributed by atoms with van der Waals surface area (Å²) in [7, 11) is 0. The summed E-state index contributed by atoms with van der Waals surface area (Å²) in [4.78, 5) is 11.2. The smallest absolute Gasteiger partial charge is 0.306 e. The molecule has 1 N–H and O–H groups in total. The number of halogens is 1. The van der Waals surface area contributed by atoms with Gasteiger partial charge in [-0.3, -0.25) is 4.79 Å². The molecule has 0 radical (unpaired) electrons. The molecule has 0 aromatic heterocycles. The molecule has 1 aliphatic rings. The normalized spacial score (nSPS) is 16.4. The van der Waals surface area contributed by atoms with E-state index in [0.717, 1.165) is 22.8 Å². The fourth-order valence-electron chi connectivity index (χ4n) is 3.40. The van der Waals surface area contributed by atoms with Crippen molar-refractivity contribution in [3.63, 3.8) is 0 Å². The SMILES string of the molecule is O=C(O)C1CCc2ccc(Oc3ccc4cc(F)ccc4c3)cc2C1. The predicted molar refractivity (Wildman–Crippen MR) is 93.6 cm³/mol. The molecule has 1 unspecified atom stereocenters. The van der Waals surface area contributed by atoms with Gasteiger partial charge in [0.05, 0.1) is 5.92 Å². The number of fused-ring (bicyclic) bond motifs is 2. The third-order valence-electron chi connectivity index (χ3n) is 4.76. The molecule has 3 aromatic carbocycles. The van der Waals surface area contributed by atoms with Gasteiger partial charge in [0.25, 0.3) is 0 Å². The Morgan fingerprint density at radius 2 is 1.68 bits per heavy atom. The van der Waals surface area contributed by atoms with Gasteiger partial charge in [-0.25, -0.2) is 4.39 Å². The van der Waals surface area contributed by atoms with Crippen LogP contribution in [0, 0.1) is 11.7 Å². The summed E-state index contributed by atoms with van der Waals surface area (Å²) in [6.45, 7) is 0. The van der Waals surface area contributed by atoms with Crippen molar-refractivity contribution in [2.24, 2.45) is 5.92 Å². The first kappa shape index (κ1) is 15.6. The van der Waals surface area contributed by atoms with E-state index in [1.54, 1.807) is 12.1 Å². The molecule has 3 aromatic rings. The Kier molecular flexibility index (Phi) is 3.88. The second-order valence-corrected chi connectivity index (χ2v) is 6.46. The molecule has 0 spiro atoms. The molecule has 0 saturated carbocycles. The van der Waals surface area contributed by atoms with Crippen LogP contribution >= 0.6 is 0 Å². The number of ether oxygens (including phenoxy) is 1. The zero-order valence-electron chi connectivity index (χ0n) is 13.5. The Morgan fingerprint density at radius 1 is 0.960 bits per heavy atom. The minimum atomic E-state index is -0.737. The molecule has 0 amide bonds. The minimum Gasteiger partial charge on any atom is -0.481 e. The first-order valence-electron chi connectivity index (χ1n) is 8.30. The Morgan fingerprint density at radius 3 is 2.52 bits per heavy atom. The second kappa shape index (κ2) is 6.20. The molecule has 1 atom stereocenters. The molecule has 1 aliphatic carbocycles. The van der Waals surface area contributed by atoms with Crippen molar-refractivity contribution in [2.75, 3.05) is 0 Å². The first-order valence-corrected chi connectivity index (χ1v) is 8.30. The van der Waals surface area contributed by atoms with Crippen molar-refractivity contribution in [1.82, 2.24) is 0 Å². The number of benzene rings is 3. The number of hydrogen-bond donors (Lipinski definition) is 1. The molecule has 0 aliphatic heterocycles. The summed E-state index contributed by atoms with van der Waals surface area (Å²) in [6, 6.07) is 16.0. The van der Waals surface area contributed by atoms with Gasteiger partial charge in [0.15, 0.2) is 0 Å². The van der Waals surface area contributed by atoms with Gasteiger partial charge in [-0.2, -0.15) is 0 Å². The van der Waals surface area contributed by atoms with Gasteiger partial charge in [0, 0.05) is 0 Å². The van der Waals surface area contributed by atoms with E-state index in [-0.39, 0.29) is 11.7 Å².